The molecule has 2 aromatic carbocycles. The van der Waals surface area contributed by atoms with E-state index in [9.17, 15) is 10.1 Å². The number of fused-ring (bicyclic) bond motifs is 1. The highest BCUT2D eigenvalue weighted by molar-refractivity contribution is 5.85. The van der Waals surface area contributed by atoms with Crippen LogP contribution in [0.5, 0.6) is 0 Å². The maximum Gasteiger partial charge on any atom is 0.329 e. The molecule has 1 aromatic heterocycles. The van der Waals surface area contributed by atoms with Crippen LogP contribution in [0.15, 0.2) is 54.6 Å². The van der Waals surface area contributed by atoms with Crippen molar-refractivity contribution in [1.29, 1.82) is 5.26 Å². The van der Waals surface area contributed by atoms with E-state index in [2.05, 4.69) is 35.2 Å². The summed E-state index contributed by atoms with van der Waals surface area (Å²) in [6.07, 6.45) is -0.305. The molecule has 0 aliphatic carbocycles. The predicted octanol–water partition coefficient (Wildman–Crippen LogP) is 2.09. The second kappa shape index (κ2) is 9.75. The van der Waals surface area contributed by atoms with Gasteiger partial charge >= 0.3 is 5.97 Å². The normalized spacial score (nSPS) is 15.5. The number of nitriles is 1. The molecule has 0 spiro atoms. The lowest BCUT2D eigenvalue weighted by molar-refractivity contribution is -0.914. The zero-order chi connectivity index (χ0) is 22.5. The van der Waals surface area contributed by atoms with Gasteiger partial charge in [0.15, 0.2) is 11.7 Å². The second-order valence-corrected chi connectivity index (χ2v) is 8.37. The van der Waals surface area contributed by atoms with Crippen molar-refractivity contribution in [1.82, 2.24) is 9.97 Å². The fraction of sp³-hybridized carbons (Fsp3) is 0.360. The fourth-order valence-electron chi connectivity index (χ4n) is 4.05. The van der Waals surface area contributed by atoms with Crippen LogP contribution < -0.4 is 9.80 Å². The molecule has 1 atom stereocenters. The number of benzene rings is 2. The summed E-state index contributed by atoms with van der Waals surface area (Å²) < 4.78 is 5.34. The molecule has 32 heavy (non-hydrogen) atoms. The van der Waals surface area contributed by atoms with E-state index in [4.69, 9.17) is 14.7 Å². The van der Waals surface area contributed by atoms with E-state index in [0.29, 0.717) is 17.0 Å². The van der Waals surface area contributed by atoms with Crippen molar-refractivity contribution in [3.63, 3.8) is 0 Å². The summed E-state index contributed by atoms with van der Waals surface area (Å²) >= 11 is 0. The molecule has 3 aromatic rings. The number of hydrogen-bond donors (Lipinski definition) is 1. The Hall–Kier alpha value is -3.50. The lowest BCUT2D eigenvalue weighted by Crippen LogP contribution is -3.13. The topological polar surface area (TPSA) is 83.5 Å². The number of quaternary nitrogens is 1. The minimum atomic E-state index is -1.11. The first kappa shape index (κ1) is 21.7. The molecule has 164 valence electrons. The molecule has 1 N–H and O–H groups in total. The number of rotatable bonds is 6. The predicted molar refractivity (Wildman–Crippen MR) is 122 cm³/mol. The van der Waals surface area contributed by atoms with Gasteiger partial charge < -0.3 is 14.5 Å². The molecular weight excluding hydrogens is 402 g/mol. The van der Waals surface area contributed by atoms with Crippen LogP contribution in [0.1, 0.15) is 31.0 Å². The molecule has 1 aliphatic rings. The zero-order valence-electron chi connectivity index (χ0n) is 18.5. The number of ether oxygens (including phenoxy) is 1. The van der Waals surface area contributed by atoms with Crippen molar-refractivity contribution in [2.24, 2.45) is 0 Å². The fourth-order valence-corrected chi connectivity index (χ4v) is 4.05. The summed E-state index contributed by atoms with van der Waals surface area (Å²) in [5.41, 5.74) is 3.11. The Kier molecular flexibility index (Phi) is 6.62. The lowest BCUT2D eigenvalue weighted by atomic mass is 10.1. The van der Waals surface area contributed by atoms with Crippen molar-refractivity contribution in [2.45, 2.75) is 32.4 Å². The third-order valence-corrected chi connectivity index (χ3v) is 5.64. The van der Waals surface area contributed by atoms with Gasteiger partial charge in [0, 0.05) is 5.56 Å². The van der Waals surface area contributed by atoms with Crippen molar-refractivity contribution in [2.75, 3.05) is 31.1 Å². The molecule has 0 saturated carbocycles. The average Bonchev–Trinajstić information content (AvgIpc) is 2.80. The molecular formula is C25H28N5O2+. The first-order valence-electron chi connectivity index (χ1n) is 11.0. The molecule has 4 rings (SSSR count). The van der Waals surface area contributed by atoms with Gasteiger partial charge in [-0.3, -0.25) is 4.79 Å². The molecule has 0 bridgehead atoms. The van der Waals surface area contributed by atoms with E-state index in [1.165, 1.54) is 10.5 Å². The van der Waals surface area contributed by atoms with Gasteiger partial charge in [-0.2, -0.15) is 5.26 Å². The SMILES string of the molecule is CC(C)OC(=O)[C@H](C#N)c1nc2ccccc2nc1N1CC[NH+](Cc2ccccc2)CC1. The highest BCUT2D eigenvalue weighted by atomic mass is 16.5. The quantitative estimate of drug-likeness (QED) is 0.603. The highest BCUT2D eigenvalue weighted by Gasteiger charge is 2.32. The number of carbonyl (C=O) groups excluding carboxylic acids is 1. The van der Waals surface area contributed by atoms with Crippen LogP contribution in [0.25, 0.3) is 11.0 Å². The summed E-state index contributed by atoms with van der Waals surface area (Å²) in [5, 5.41) is 9.82. The van der Waals surface area contributed by atoms with E-state index >= 15 is 0 Å². The minimum Gasteiger partial charge on any atom is -0.462 e. The standard InChI is InChI=1S/C25H27N5O2/c1-18(2)32-25(31)20(16-26)23-24(28-22-11-7-6-10-21(22)27-23)30-14-12-29(13-15-30)17-19-8-4-3-5-9-19/h3-11,18,20H,12-15,17H2,1-2H3/p+1/t20-/m1/s1. The number of para-hydroxylation sites is 2. The maximum absolute atomic E-state index is 12.7. The third-order valence-electron chi connectivity index (χ3n) is 5.64. The summed E-state index contributed by atoms with van der Waals surface area (Å²) in [7, 11) is 0. The van der Waals surface area contributed by atoms with E-state index in [1.54, 1.807) is 13.8 Å². The number of esters is 1. The van der Waals surface area contributed by atoms with Crippen molar-refractivity contribution < 1.29 is 14.4 Å². The van der Waals surface area contributed by atoms with E-state index < -0.39 is 11.9 Å². The summed E-state index contributed by atoms with van der Waals surface area (Å²) in [6.45, 7) is 7.96. The molecule has 0 amide bonds. The van der Waals surface area contributed by atoms with Gasteiger partial charge in [0.2, 0.25) is 0 Å². The molecule has 7 nitrogen and oxygen atoms in total. The number of nitrogens with zero attached hydrogens (tertiary/aromatic N) is 4. The van der Waals surface area contributed by atoms with Crippen LogP contribution in [-0.2, 0) is 16.1 Å². The third kappa shape index (κ3) is 4.87. The van der Waals surface area contributed by atoms with E-state index in [0.717, 1.165) is 38.2 Å². The van der Waals surface area contributed by atoms with Crippen LogP contribution in [0.3, 0.4) is 0 Å². The summed E-state index contributed by atoms with van der Waals surface area (Å²) in [4.78, 5) is 25.9. The monoisotopic (exact) mass is 430 g/mol. The van der Waals surface area contributed by atoms with Gasteiger partial charge in [0.25, 0.3) is 0 Å². The Bertz CT molecular complexity index is 1120. The zero-order valence-corrected chi connectivity index (χ0v) is 18.5. The number of aromatic nitrogens is 2. The van der Waals surface area contributed by atoms with Gasteiger partial charge in [0.05, 0.1) is 49.4 Å². The summed E-state index contributed by atoms with van der Waals surface area (Å²) in [6, 6.07) is 20.1. The number of carbonyl (C=O) groups is 1. The Balaban J connectivity index is 1.60. The van der Waals surface area contributed by atoms with Crippen LogP contribution in [0, 0.1) is 11.3 Å². The summed E-state index contributed by atoms with van der Waals surface area (Å²) in [5.74, 6) is -1.09. The van der Waals surface area contributed by atoms with Crippen LogP contribution in [0.2, 0.25) is 0 Å². The lowest BCUT2D eigenvalue weighted by Gasteiger charge is -2.34. The van der Waals surface area contributed by atoms with Gasteiger partial charge in [0.1, 0.15) is 12.2 Å². The van der Waals surface area contributed by atoms with Gasteiger partial charge in [-0.15, -0.1) is 0 Å². The minimum absolute atomic E-state index is 0.305. The molecule has 0 radical (unpaired) electrons. The molecule has 2 heterocycles. The number of anilines is 1. The number of piperazine rings is 1. The van der Waals surface area contributed by atoms with Crippen LogP contribution in [-0.4, -0.2) is 48.2 Å². The highest BCUT2D eigenvalue weighted by Crippen LogP contribution is 2.28. The van der Waals surface area contributed by atoms with Gasteiger partial charge in [-0.1, -0.05) is 42.5 Å². The van der Waals surface area contributed by atoms with Crippen molar-refractivity contribution in [3.8, 4) is 6.07 Å². The Labute approximate surface area is 188 Å². The molecule has 1 saturated heterocycles. The first-order chi connectivity index (χ1) is 15.5. The maximum atomic E-state index is 12.7. The largest absolute Gasteiger partial charge is 0.462 e. The molecule has 1 aliphatic heterocycles. The van der Waals surface area contributed by atoms with Crippen LogP contribution >= 0.6 is 0 Å². The van der Waals surface area contributed by atoms with Crippen molar-refractivity contribution >= 4 is 22.8 Å². The molecule has 0 unspecified atom stereocenters. The number of hydrogen-bond acceptors (Lipinski definition) is 6. The van der Waals surface area contributed by atoms with E-state index in [-0.39, 0.29) is 6.10 Å². The second-order valence-electron chi connectivity index (χ2n) is 8.37. The Morgan fingerprint density at radius 2 is 1.69 bits per heavy atom. The first-order valence-corrected chi connectivity index (χ1v) is 11.0. The van der Waals surface area contributed by atoms with Gasteiger partial charge in [-0.25, -0.2) is 9.97 Å². The average molecular weight is 431 g/mol. The Morgan fingerprint density at radius 3 is 2.31 bits per heavy atom. The van der Waals surface area contributed by atoms with Crippen molar-refractivity contribution in [3.05, 3.63) is 65.9 Å². The van der Waals surface area contributed by atoms with E-state index in [1.807, 2.05) is 30.3 Å². The van der Waals surface area contributed by atoms with Crippen LogP contribution in [0.4, 0.5) is 5.82 Å². The Morgan fingerprint density at radius 1 is 1.06 bits per heavy atom. The van der Waals surface area contributed by atoms with Gasteiger partial charge in [-0.05, 0) is 26.0 Å². The number of nitrogens with one attached hydrogen (secondary N) is 1. The molecule has 1 fully saturated rings. The smallest absolute Gasteiger partial charge is 0.329 e. The molecule has 7 heteroatoms.